The van der Waals surface area contributed by atoms with Crippen molar-refractivity contribution >= 4 is 11.7 Å². The van der Waals surface area contributed by atoms with E-state index in [0.29, 0.717) is 18.2 Å². The molecule has 1 atom stereocenters. The van der Waals surface area contributed by atoms with Crippen LogP contribution in [0.1, 0.15) is 23.4 Å². The molecule has 0 radical (unpaired) electrons. The van der Waals surface area contributed by atoms with E-state index < -0.39 is 0 Å². The molecular formula is C15H18N4O2. The first-order valence-corrected chi connectivity index (χ1v) is 7.15. The lowest BCUT2D eigenvalue weighted by Crippen LogP contribution is -2.41. The normalized spacial score (nSPS) is 18.5. The third-order valence-electron chi connectivity index (χ3n) is 3.69. The van der Waals surface area contributed by atoms with Crippen LogP contribution in [0.5, 0.6) is 0 Å². The summed E-state index contributed by atoms with van der Waals surface area (Å²) >= 11 is 0. The van der Waals surface area contributed by atoms with Gasteiger partial charge < -0.3 is 14.6 Å². The zero-order valence-corrected chi connectivity index (χ0v) is 11.7. The van der Waals surface area contributed by atoms with E-state index in [1.807, 2.05) is 0 Å². The zero-order valence-electron chi connectivity index (χ0n) is 11.7. The Balaban J connectivity index is 1.53. The molecule has 0 saturated carbocycles. The molecular weight excluding hydrogens is 268 g/mol. The van der Waals surface area contributed by atoms with Crippen LogP contribution < -0.4 is 10.2 Å². The summed E-state index contributed by atoms with van der Waals surface area (Å²) in [5.74, 6) is 1.52. The highest BCUT2D eigenvalue weighted by molar-refractivity contribution is 5.91. The Morgan fingerprint density at radius 1 is 1.48 bits per heavy atom. The lowest BCUT2D eigenvalue weighted by atomic mass is 9.98. The van der Waals surface area contributed by atoms with Crippen LogP contribution in [0.25, 0.3) is 0 Å². The smallest absolute Gasteiger partial charge is 0.286 e. The van der Waals surface area contributed by atoms with Crippen LogP contribution >= 0.6 is 0 Å². The molecule has 1 fully saturated rings. The summed E-state index contributed by atoms with van der Waals surface area (Å²) < 4.78 is 5.08. The van der Waals surface area contributed by atoms with Crippen molar-refractivity contribution in [2.75, 3.05) is 24.5 Å². The average Bonchev–Trinajstić information content (AvgIpc) is 3.08. The molecule has 21 heavy (non-hydrogen) atoms. The van der Waals surface area contributed by atoms with Crippen molar-refractivity contribution in [3.8, 4) is 0 Å². The summed E-state index contributed by atoms with van der Waals surface area (Å²) in [5, 5.41) is 2.93. The summed E-state index contributed by atoms with van der Waals surface area (Å²) in [6, 6.07) is 3.38. The summed E-state index contributed by atoms with van der Waals surface area (Å²) in [5.41, 5.74) is 0. The number of aromatic nitrogens is 2. The monoisotopic (exact) mass is 286 g/mol. The first-order chi connectivity index (χ1) is 10.3. The maximum atomic E-state index is 11.9. The highest BCUT2D eigenvalue weighted by Gasteiger charge is 2.22. The number of nitrogens with zero attached hydrogens (tertiary/aromatic N) is 3. The Kier molecular flexibility index (Phi) is 4.14. The fourth-order valence-corrected chi connectivity index (χ4v) is 2.63. The van der Waals surface area contributed by atoms with Crippen molar-refractivity contribution in [1.29, 1.82) is 0 Å². The molecule has 110 valence electrons. The summed E-state index contributed by atoms with van der Waals surface area (Å²) in [6.45, 7) is 2.52. The van der Waals surface area contributed by atoms with Crippen molar-refractivity contribution in [2.45, 2.75) is 12.8 Å². The van der Waals surface area contributed by atoms with Gasteiger partial charge in [0.25, 0.3) is 5.91 Å². The van der Waals surface area contributed by atoms with Crippen molar-refractivity contribution in [2.24, 2.45) is 5.92 Å². The number of piperidine rings is 1. The van der Waals surface area contributed by atoms with Crippen molar-refractivity contribution in [1.82, 2.24) is 15.3 Å². The van der Waals surface area contributed by atoms with Gasteiger partial charge in [-0.05, 0) is 30.9 Å². The number of anilines is 1. The highest BCUT2D eigenvalue weighted by atomic mass is 16.3. The number of rotatable bonds is 4. The number of hydrogen-bond acceptors (Lipinski definition) is 5. The number of amides is 1. The Bertz CT molecular complexity index is 571. The van der Waals surface area contributed by atoms with E-state index in [1.54, 1.807) is 30.7 Å². The molecule has 1 amide bonds. The third kappa shape index (κ3) is 3.39. The minimum absolute atomic E-state index is 0.156. The Morgan fingerprint density at radius 2 is 2.43 bits per heavy atom. The molecule has 1 unspecified atom stereocenters. The van der Waals surface area contributed by atoms with Crippen LogP contribution in [0.15, 0.2) is 41.4 Å². The van der Waals surface area contributed by atoms with Gasteiger partial charge >= 0.3 is 0 Å². The quantitative estimate of drug-likeness (QED) is 0.926. The zero-order chi connectivity index (χ0) is 14.5. The molecule has 2 aromatic heterocycles. The van der Waals surface area contributed by atoms with Crippen LogP contribution in [0, 0.1) is 5.92 Å². The molecule has 3 rings (SSSR count). The summed E-state index contributed by atoms with van der Waals surface area (Å²) in [7, 11) is 0. The molecule has 6 nitrogen and oxygen atoms in total. The van der Waals surface area contributed by atoms with Gasteiger partial charge in [0.2, 0.25) is 0 Å². The first-order valence-electron chi connectivity index (χ1n) is 7.15. The second-order valence-electron chi connectivity index (χ2n) is 5.21. The lowest BCUT2D eigenvalue weighted by molar-refractivity contribution is 0.0918. The minimum atomic E-state index is -0.156. The number of carbonyl (C=O) groups is 1. The molecule has 0 aliphatic carbocycles. The van der Waals surface area contributed by atoms with Gasteiger partial charge in [-0.3, -0.25) is 9.78 Å². The standard InChI is InChI=1S/C15H18N4O2/c20-15(13-4-2-8-21-13)18-9-12-3-1-7-19(11-12)14-10-16-5-6-17-14/h2,4-6,8,10,12H,1,3,7,9,11H2,(H,18,20). The van der Waals surface area contributed by atoms with E-state index in [4.69, 9.17) is 4.42 Å². The third-order valence-corrected chi connectivity index (χ3v) is 3.69. The first kappa shape index (κ1) is 13.6. The van der Waals surface area contributed by atoms with E-state index in [9.17, 15) is 4.79 Å². The van der Waals surface area contributed by atoms with Crippen molar-refractivity contribution in [3.05, 3.63) is 42.7 Å². The van der Waals surface area contributed by atoms with Crippen molar-refractivity contribution in [3.63, 3.8) is 0 Å². The van der Waals surface area contributed by atoms with Crippen LogP contribution in [-0.4, -0.2) is 35.5 Å². The van der Waals surface area contributed by atoms with Crippen LogP contribution in [0.3, 0.4) is 0 Å². The molecule has 6 heteroatoms. The van der Waals surface area contributed by atoms with E-state index in [-0.39, 0.29) is 5.91 Å². The van der Waals surface area contributed by atoms with Gasteiger partial charge in [0.05, 0.1) is 12.5 Å². The lowest BCUT2D eigenvalue weighted by Gasteiger charge is -2.33. The van der Waals surface area contributed by atoms with Gasteiger partial charge in [0.15, 0.2) is 5.76 Å². The molecule has 0 spiro atoms. The molecule has 2 aromatic rings. The predicted molar refractivity (Wildman–Crippen MR) is 78.0 cm³/mol. The largest absolute Gasteiger partial charge is 0.459 e. The van der Waals surface area contributed by atoms with Gasteiger partial charge in [-0.1, -0.05) is 0 Å². The Labute approximate surface area is 123 Å². The topological polar surface area (TPSA) is 71.3 Å². The fraction of sp³-hybridized carbons (Fsp3) is 0.400. The van der Waals surface area contributed by atoms with E-state index in [2.05, 4.69) is 20.2 Å². The minimum Gasteiger partial charge on any atom is -0.459 e. The highest BCUT2D eigenvalue weighted by Crippen LogP contribution is 2.20. The van der Waals surface area contributed by atoms with Crippen molar-refractivity contribution < 1.29 is 9.21 Å². The Morgan fingerprint density at radius 3 is 3.19 bits per heavy atom. The predicted octanol–water partition coefficient (Wildman–Crippen LogP) is 1.72. The number of furan rings is 1. The van der Waals surface area contributed by atoms with Gasteiger partial charge in [-0.2, -0.15) is 0 Å². The summed E-state index contributed by atoms with van der Waals surface area (Å²) in [4.78, 5) is 22.5. The van der Waals surface area contributed by atoms with Gasteiger partial charge in [0.1, 0.15) is 5.82 Å². The second kappa shape index (κ2) is 6.39. The summed E-state index contributed by atoms with van der Waals surface area (Å²) in [6.07, 6.45) is 8.87. The molecule has 3 heterocycles. The average molecular weight is 286 g/mol. The number of nitrogens with one attached hydrogen (secondary N) is 1. The molecule has 1 aliphatic heterocycles. The van der Waals surface area contributed by atoms with Crippen LogP contribution in [-0.2, 0) is 0 Å². The van der Waals surface area contributed by atoms with Gasteiger partial charge in [0, 0.05) is 32.0 Å². The SMILES string of the molecule is O=C(NCC1CCCN(c2cnccn2)C1)c1ccco1. The van der Waals surface area contributed by atoms with Crippen LogP contribution in [0.2, 0.25) is 0 Å². The maximum absolute atomic E-state index is 11.9. The van der Waals surface area contributed by atoms with E-state index in [0.717, 1.165) is 31.7 Å². The van der Waals surface area contributed by atoms with Gasteiger partial charge in [-0.15, -0.1) is 0 Å². The van der Waals surface area contributed by atoms with Crippen LogP contribution in [0.4, 0.5) is 5.82 Å². The Hall–Kier alpha value is -2.37. The van der Waals surface area contributed by atoms with E-state index in [1.165, 1.54) is 6.26 Å². The number of hydrogen-bond donors (Lipinski definition) is 1. The second-order valence-corrected chi connectivity index (χ2v) is 5.21. The fourth-order valence-electron chi connectivity index (χ4n) is 2.63. The molecule has 0 bridgehead atoms. The number of carbonyl (C=O) groups excluding carboxylic acids is 1. The molecule has 1 aliphatic rings. The molecule has 1 saturated heterocycles. The van der Waals surface area contributed by atoms with E-state index >= 15 is 0 Å². The van der Waals surface area contributed by atoms with Gasteiger partial charge in [-0.25, -0.2) is 4.98 Å². The maximum Gasteiger partial charge on any atom is 0.286 e. The molecule has 0 aromatic carbocycles. The molecule has 1 N–H and O–H groups in total.